The molecule has 1 saturated heterocycles. The second-order valence-electron chi connectivity index (χ2n) is 8.97. The Bertz CT molecular complexity index is 1380. The Kier molecular flexibility index (Phi) is 4.97. The van der Waals surface area contributed by atoms with Crippen LogP contribution in [0.2, 0.25) is 0 Å². The van der Waals surface area contributed by atoms with Gasteiger partial charge in [-0.25, -0.2) is 19.9 Å². The molecule has 0 saturated carbocycles. The van der Waals surface area contributed by atoms with E-state index in [0.717, 1.165) is 11.3 Å². The number of nitrogens with one attached hydrogen (secondary N) is 1. The van der Waals surface area contributed by atoms with E-state index in [9.17, 15) is 9.59 Å². The van der Waals surface area contributed by atoms with Crippen LogP contribution in [0.3, 0.4) is 0 Å². The summed E-state index contributed by atoms with van der Waals surface area (Å²) in [6, 6.07) is 8.22. The van der Waals surface area contributed by atoms with E-state index < -0.39 is 0 Å². The van der Waals surface area contributed by atoms with Crippen LogP contribution in [0.15, 0.2) is 49.4 Å². The minimum Gasteiger partial charge on any atom is -0.342 e. The number of piperidine rings is 1. The number of H-pyrrole nitrogens is 1. The van der Waals surface area contributed by atoms with Gasteiger partial charge in [-0.1, -0.05) is 24.3 Å². The molecule has 171 valence electrons. The van der Waals surface area contributed by atoms with Crippen molar-refractivity contribution in [3.8, 4) is 11.3 Å². The van der Waals surface area contributed by atoms with Crippen LogP contribution in [0, 0.1) is 11.8 Å². The highest BCUT2D eigenvalue weighted by molar-refractivity contribution is 5.97. The Balaban J connectivity index is 1.11. The molecule has 0 aliphatic carbocycles. The molecular formula is C25H24N7O2. The monoisotopic (exact) mass is 454 g/mol. The number of ketones is 1. The molecule has 1 unspecified atom stereocenters. The number of aromatic nitrogens is 6. The standard InChI is InChI=1S/C25H24N7O2/c1-15(22-23-24(29-12-27-22)30-13-28-23)25(34)31-8-6-16(7-9-31)21(33)10-19-17-4-2-3-5-18(17)20-11-26-14-32(19)20/h2-5,11-14,16,19H,6-10H2,1H3,(H,27,28,29,30). The highest BCUT2D eigenvalue weighted by Gasteiger charge is 2.35. The minimum absolute atomic E-state index is 0.00832. The summed E-state index contributed by atoms with van der Waals surface area (Å²) in [7, 11) is 0. The highest BCUT2D eigenvalue weighted by atomic mass is 16.2. The summed E-state index contributed by atoms with van der Waals surface area (Å²) in [5, 5.41) is 0. The van der Waals surface area contributed by atoms with Gasteiger partial charge in [-0.15, -0.1) is 0 Å². The van der Waals surface area contributed by atoms with Crippen molar-refractivity contribution in [2.75, 3.05) is 13.1 Å². The van der Waals surface area contributed by atoms with Crippen LogP contribution in [-0.4, -0.2) is 59.2 Å². The average Bonchev–Trinajstić information content (AvgIpc) is 3.61. The first kappa shape index (κ1) is 20.7. The third kappa shape index (κ3) is 3.30. The van der Waals surface area contributed by atoms with Gasteiger partial charge in [0.1, 0.15) is 23.5 Å². The van der Waals surface area contributed by atoms with E-state index in [1.54, 1.807) is 13.3 Å². The van der Waals surface area contributed by atoms with Crippen LogP contribution in [0.4, 0.5) is 0 Å². The first-order chi connectivity index (χ1) is 16.6. The molecular weight excluding hydrogens is 430 g/mol. The fourth-order valence-electron chi connectivity index (χ4n) is 5.29. The molecule has 1 aromatic carbocycles. The molecule has 9 nitrogen and oxygen atoms in total. The summed E-state index contributed by atoms with van der Waals surface area (Å²) in [5.41, 5.74) is 5.17. The third-order valence-electron chi connectivity index (χ3n) is 7.13. The van der Waals surface area contributed by atoms with E-state index in [-0.39, 0.29) is 23.7 Å². The SMILES string of the molecule is C[C](C(=O)N1CCC(C(=O)CC2c3ccccc3-c3cncn32)CC1)c1ncnc2nc[nH]c12. The van der Waals surface area contributed by atoms with Gasteiger partial charge in [-0.05, 0) is 25.3 Å². The second-order valence-corrected chi connectivity index (χ2v) is 8.97. The largest absolute Gasteiger partial charge is 0.342 e. The molecule has 6 rings (SSSR count). The molecule has 3 aromatic heterocycles. The molecule has 4 aromatic rings. The number of amides is 1. The summed E-state index contributed by atoms with van der Waals surface area (Å²) in [6.07, 6.45) is 8.44. The summed E-state index contributed by atoms with van der Waals surface area (Å²) < 4.78 is 2.11. The number of nitrogens with zero attached hydrogens (tertiary/aromatic N) is 6. The Hall–Kier alpha value is -3.88. The van der Waals surface area contributed by atoms with E-state index in [4.69, 9.17) is 0 Å². The number of aromatic amines is 1. The molecule has 1 radical (unpaired) electrons. The van der Waals surface area contributed by atoms with Crippen LogP contribution >= 0.6 is 0 Å². The van der Waals surface area contributed by atoms with Crippen molar-refractivity contribution >= 4 is 22.9 Å². The van der Waals surface area contributed by atoms with Crippen molar-refractivity contribution < 1.29 is 9.59 Å². The lowest BCUT2D eigenvalue weighted by atomic mass is 9.87. The number of benzene rings is 1. The van der Waals surface area contributed by atoms with E-state index in [1.807, 2.05) is 29.6 Å². The van der Waals surface area contributed by atoms with E-state index in [1.165, 1.54) is 11.9 Å². The second kappa shape index (κ2) is 8.16. The summed E-state index contributed by atoms with van der Waals surface area (Å²) in [6.45, 7) is 2.89. The van der Waals surface area contributed by atoms with Gasteiger partial charge in [0.2, 0.25) is 5.91 Å². The number of imidazole rings is 2. The van der Waals surface area contributed by atoms with Crippen LogP contribution in [0.1, 0.15) is 43.5 Å². The number of Topliss-reactive ketones (excluding diaryl/α,β-unsaturated/α-hetero) is 1. The number of fused-ring (bicyclic) bond motifs is 4. The topological polar surface area (TPSA) is 110 Å². The number of carbonyl (C=O) groups excluding carboxylic acids is 2. The fourth-order valence-corrected chi connectivity index (χ4v) is 5.29. The van der Waals surface area contributed by atoms with Crippen LogP contribution in [0.25, 0.3) is 22.4 Å². The quantitative estimate of drug-likeness (QED) is 0.497. The van der Waals surface area contributed by atoms with E-state index >= 15 is 0 Å². The molecule has 34 heavy (non-hydrogen) atoms. The van der Waals surface area contributed by atoms with Crippen LogP contribution < -0.4 is 0 Å². The van der Waals surface area contributed by atoms with Gasteiger partial charge in [0.25, 0.3) is 0 Å². The number of rotatable bonds is 5. The van der Waals surface area contributed by atoms with Gasteiger partial charge in [-0.2, -0.15) is 0 Å². The van der Waals surface area contributed by atoms with Crippen LogP contribution in [0.5, 0.6) is 0 Å². The number of hydrogen-bond donors (Lipinski definition) is 1. The number of carbonyl (C=O) groups is 2. The summed E-state index contributed by atoms with van der Waals surface area (Å²) in [4.78, 5) is 48.1. The maximum atomic E-state index is 13.3. The summed E-state index contributed by atoms with van der Waals surface area (Å²) in [5.74, 6) is 0.705. The average molecular weight is 455 g/mol. The van der Waals surface area contributed by atoms with Crippen molar-refractivity contribution in [3.05, 3.63) is 66.6 Å². The fraction of sp³-hybridized carbons (Fsp3) is 0.320. The zero-order chi connectivity index (χ0) is 23.2. The first-order valence-electron chi connectivity index (χ1n) is 11.5. The molecule has 0 spiro atoms. The van der Waals surface area contributed by atoms with Crippen LogP contribution in [-0.2, 0) is 9.59 Å². The Labute approximate surface area is 196 Å². The molecule has 1 fully saturated rings. The minimum atomic E-state index is -0.0618. The number of hydrogen-bond acceptors (Lipinski definition) is 6. The molecule has 1 amide bonds. The molecule has 1 atom stereocenters. The maximum Gasteiger partial charge on any atom is 0.236 e. The van der Waals surface area contributed by atoms with Crippen molar-refractivity contribution in [1.82, 2.24) is 34.4 Å². The molecule has 0 bridgehead atoms. The molecule has 1 N–H and O–H groups in total. The number of likely N-dealkylation sites (tertiary alicyclic amines) is 1. The lowest BCUT2D eigenvalue weighted by Crippen LogP contribution is -2.42. The van der Waals surface area contributed by atoms with Gasteiger partial charge >= 0.3 is 0 Å². The zero-order valence-corrected chi connectivity index (χ0v) is 18.8. The third-order valence-corrected chi connectivity index (χ3v) is 7.13. The zero-order valence-electron chi connectivity index (χ0n) is 18.8. The Morgan fingerprint density at radius 1 is 1.12 bits per heavy atom. The first-order valence-corrected chi connectivity index (χ1v) is 11.5. The Morgan fingerprint density at radius 3 is 2.79 bits per heavy atom. The van der Waals surface area contributed by atoms with Crippen molar-refractivity contribution in [1.29, 1.82) is 0 Å². The predicted octanol–water partition coefficient (Wildman–Crippen LogP) is 2.96. The van der Waals surface area contributed by atoms with Crippen molar-refractivity contribution in [2.45, 2.75) is 32.2 Å². The van der Waals surface area contributed by atoms with Gasteiger partial charge in [0, 0.05) is 31.0 Å². The van der Waals surface area contributed by atoms with Gasteiger partial charge in [0.05, 0.1) is 36.3 Å². The van der Waals surface area contributed by atoms with E-state index in [2.05, 4.69) is 41.6 Å². The Morgan fingerprint density at radius 2 is 1.94 bits per heavy atom. The molecule has 9 heteroatoms. The van der Waals surface area contributed by atoms with Gasteiger partial charge in [-0.3, -0.25) is 9.59 Å². The smallest absolute Gasteiger partial charge is 0.236 e. The normalized spacial score (nSPS) is 17.8. The lowest BCUT2D eigenvalue weighted by Gasteiger charge is -2.33. The van der Waals surface area contributed by atoms with Gasteiger partial charge < -0.3 is 14.5 Å². The van der Waals surface area contributed by atoms with Crippen molar-refractivity contribution in [2.24, 2.45) is 5.92 Å². The molecule has 5 heterocycles. The van der Waals surface area contributed by atoms with Gasteiger partial charge in [0.15, 0.2) is 5.65 Å². The lowest BCUT2D eigenvalue weighted by molar-refractivity contribution is -0.133. The molecule has 2 aliphatic heterocycles. The predicted molar refractivity (Wildman–Crippen MR) is 124 cm³/mol. The molecule has 2 aliphatic rings. The highest BCUT2D eigenvalue weighted by Crippen LogP contribution is 2.41. The van der Waals surface area contributed by atoms with Crippen molar-refractivity contribution in [3.63, 3.8) is 0 Å². The van der Waals surface area contributed by atoms with E-state index in [0.29, 0.717) is 55.1 Å². The maximum absolute atomic E-state index is 13.3. The summed E-state index contributed by atoms with van der Waals surface area (Å²) >= 11 is 0.